The Hall–Kier alpha value is -2.41. The van der Waals surface area contributed by atoms with Gasteiger partial charge in [0.15, 0.2) is 11.5 Å². The Morgan fingerprint density at radius 1 is 1.19 bits per heavy atom. The molecule has 6 nitrogen and oxygen atoms in total. The van der Waals surface area contributed by atoms with Crippen LogP contribution in [0.4, 0.5) is 0 Å². The molecule has 0 spiro atoms. The maximum Gasteiger partial charge on any atom is 0.291 e. The molecular weight excluding hydrogens is 350 g/mol. The first-order valence-electron chi connectivity index (χ1n) is 8.88. The van der Waals surface area contributed by atoms with Crippen molar-refractivity contribution >= 4 is 22.4 Å². The van der Waals surface area contributed by atoms with Gasteiger partial charge in [0.25, 0.3) is 5.56 Å². The van der Waals surface area contributed by atoms with Crippen molar-refractivity contribution in [1.29, 1.82) is 0 Å². The minimum absolute atomic E-state index is 0.158. The highest BCUT2D eigenvalue weighted by Crippen LogP contribution is 2.28. The van der Waals surface area contributed by atoms with Gasteiger partial charge in [-0.2, -0.15) is 9.61 Å². The number of unbranched alkanes of at least 4 members (excludes halogenated alkanes) is 4. The highest BCUT2D eigenvalue weighted by molar-refractivity contribution is 7.15. The molecule has 1 aromatic carbocycles. The van der Waals surface area contributed by atoms with Gasteiger partial charge in [-0.1, -0.05) is 50.0 Å². The summed E-state index contributed by atoms with van der Waals surface area (Å²) < 4.78 is 13.2. The fraction of sp³-hybridized carbons (Fsp3) is 0.421. The average Bonchev–Trinajstić information content (AvgIpc) is 3.22. The molecule has 3 aromatic rings. The van der Waals surface area contributed by atoms with Gasteiger partial charge in [0.2, 0.25) is 4.96 Å². The fourth-order valence-corrected chi connectivity index (χ4v) is 3.59. The summed E-state index contributed by atoms with van der Waals surface area (Å²) in [6, 6.07) is 5.68. The minimum atomic E-state index is -0.158. The summed E-state index contributed by atoms with van der Waals surface area (Å²) in [6.07, 6.45) is 9.19. The summed E-state index contributed by atoms with van der Waals surface area (Å²) in [4.78, 5) is 16.9. The number of fused-ring (bicyclic) bond motifs is 1. The highest BCUT2D eigenvalue weighted by atomic mass is 32.1. The standard InChI is InChI=1S/C19H23N3O3S/c1-3-4-5-6-7-10-25-15-9-8-14(11-16(15)24-2)12-17-18(23)22-19(26-17)20-13-21-22/h8-9,11-13H,3-7,10H2,1-2H3/b17-12+. The van der Waals surface area contributed by atoms with E-state index in [0.717, 1.165) is 17.7 Å². The number of benzene rings is 1. The molecule has 0 bridgehead atoms. The van der Waals surface area contributed by atoms with E-state index in [1.807, 2.05) is 24.3 Å². The number of methoxy groups -OCH3 is 1. The van der Waals surface area contributed by atoms with E-state index in [9.17, 15) is 4.79 Å². The van der Waals surface area contributed by atoms with Crippen LogP contribution in [0.1, 0.15) is 44.6 Å². The lowest BCUT2D eigenvalue weighted by molar-refractivity contribution is 0.285. The van der Waals surface area contributed by atoms with Crippen LogP contribution < -0.4 is 19.6 Å². The zero-order valence-electron chi connectivity index (χ0n) is 15.1. The quantitative estimate of drug-likeness (QED) is 0.539. The van der Waals surface area contributed by atoms with E-state index in [1.165, 1.54) is 47.9 Å². The van der Waals surface area contributed by atoms with Gasteiger partial charge < -0.3 is 9.47 Å². The molecule has 0 saturated carbocycles. The number of aromatic nitrogens is 3. The Morgan fingerprint density at radius 3 is 2.81 bits per heavy atom. The molecule has 0 amide bonds. The summed E-state index contributed by atoms with van der Waals surface area (Å²) in [6.45, 7) is 2.89. The van der Waals surface area contributed by atoms with Crippen molar-refractivity contribution < 1.29 is 9.47 Å². The van der Waals surface area contributed by atoms with Gasteiger partial charge in [0.1, 0.15) is 6.33 Å². The summed E-state index contributed by atoms with van der Waals surface area (Å²) in [5, 5.41) is 3.93. The van der Waals surface area contributed by atoms with Crippen LogP contribution in [0.5, 0.6) is 11.5 Å². The van der Waals surface area contributed by atoms with Gasteiger partial charge in [-0.25, -0.2) is 4.98 Å². The molecule has 0 atom stereocenters. The van der Waals surface area contributed by atoms with E-state index in [4.69, 9.17) is 9.47 Å². The Kier molecular flexibility index (Phi) is 6.22. The van der Waals surface area contributed by atoms with Crippen molar-refractivity contribution in [2.45, 2.75) is 39.0 Å². The smallest absolute Gasteiger partial charge is 0.291 e. The monoisotopic (exact) mass is 373 g/mol. The minimum Gasteiger partial charge on any atom is -0.493 e. The van der Waals surface area contributed by atoms with Crippen molar-refractivity contribution in [2.75, 3.05) is 13.7 Å². The van der Waals surface area contributed by atoms with Crippen molar-refractivity contribution in [2.24, 2.45) is 0 Å². The topological polar surface area (TPSA) is 65.7 Å². The van der Waals surface area contributed by atoms with E-state index >= 15 is 0 Å². The van der Waals surface area contributed by atoms with Crippen LogP contribution in [-0.4, -0.2) is 28.3 Å². The van der Waals surface area contributed by atoms with Crippen LogP contribution in [-0.2, 0) is 0 Å². The third-order valence-electron chi connectivity index (χ3n) is 4.11. The Bertz CT molecular complexity index is 964. The van der Waals surface area contributed by atoms with Crippen LogP contribution in [0.3, 0.4) is 0 Å². The lowest BCUT2D eigenvalue weighted by Gasteiger charge is -2.11. The second-order valence-corrected chi connectivity index (χ2v) is 7.05. The maximum absolute atomic E-state index is 12.2. The molecule has 7 heteroatoms. The molecule has 0 N–H and O–H groups in total. The lowest BCUT2D eigenvalue weighted by atomic mass is 10.1. The molecule has 0 fully saturated rings. The summed E-state index contributed by atoms with van der Waals surface area (Å²) in [7, 11) is 1.62. The van der Waals surface area contributed by atoms with E-state index in [0.29, 0.717) is 21.8 Å². The summed E-state index contributed by atoms with van der Waals surface area (Å²) >= 11 is 1.32. The van der Waals surface area contributed by atoms with E-state index in [1.54, 1.807) is 7.11 Å². The third-order valence-corrected chi connectivity index (χ3v) is 5.09. The van der Waals surface area contributed by atoms with Crippen molar-refractivity contribution in [3.05, 3.63) is 45.0 Å². The molecule has 138 valence electrons. The molecule has 2 aromatic heterocycles. The number of ether oxygens (including phenoxy) is 2. The van der Waals surface area contributed by atoms with E-state index < -0.39 is 0 Å². The maximum atomic E-state index is 12.2. The lowest BCUT2D eigenvalue weighted by Crippen LogP contribution is -2.23. The second-order valence-electron chi connectivity index (χ2n) is 6.04. The zero-order valence-corrected chi connectivity index (χ0v) is 15.9. The first-order valence-corrected chi connectivity index (χ1v) is 9.69. The predicted molar refractivity (Wildman–Crippen MR) is 103 cm³/mol. The molecule has 0 aliphatic carbocycles. The molecule has 2 heterocycles. The van der Waals surface area contributed by atoms with Crippen LogP contribution in [0.15, 0.2) is 29.3 Å². The van der Waals surface area contributed by atoms with Crippen LogP contribution >= 0.6 is 11.3 Å². The highest BCUT2D eigenvalue weighted by Gasteiger charge is 2.08. The Balaban J connectivity index is 1.72. The predicted octanol–water partition coefficient (Wildman–Crippen LogP) is 3.06. The fourth-order valence-electron chi connectivity index (χ4n) is 2.71. The zero-order chi connectivity index (χ0) is 18.4. The van der Waals surface area contributed by atoms with Crippen LogP contribution in [0, 0.1) is 0 Å². The van der Waals surface area contributed by atoms with Gasteiger partial charge in [0.05, 0.1) is 18.2 Å². The average molecular weight is 373 g/mol. The SMILES string of the molecule is CCCCCCCOc1ccc(/C=c2/sc3ncnn3c2=O)cc1OC. The first-order chi connectivity index (χ1) is 12.7. The van der Waals surface area contributed by atoms with Gasteiger partial charge in [-0.15, -0.1) is 0 Å². The van der Waals surface area contributed by atoms with Crippen LogP contribution in [0.25, 0.3) is 11.0 Å². The van der Waals surface area contributed by atoms with Crippen LogP contribution in [0.2, 0.25) is 0 Å². The van der Waals surface area contributed by atoms with Gasteiger partial charge in [-0.05, 0) is 30.2 Å². The summed E-state index contributed by atoms with van der Waals surface area (Å²) in [5.41, 5.74) is 0.715. The number of nitrogens with zero attached hydrogens (tertiary/aromatic N) is 3. The molecule has 0 saturated heterocycles. The number of thiazole rings is 1. The number of rotatable bonds is 9. The summed E-state index contributed by atoms with van der Waals surface area (Å²) in [5.74, 6) is 1.39. The molecule has 0 radical (unpaired) electrons. The van der Waals surface area contributed by atoms with Crippen molar-refractivity contribution in [1.82, 2.24) is 14.6 Å². The Morgan fingerprint density at radius 2 is 2.04 bits per heavy atom. The van der Waals surface area contributed by atoms with Gasteiger partial charge >= 0.3 is 0 Å². The normalized spacial score (nSPS) is 12.0. The van der Waals surface area contributed by atoms with Crippen molar-refractivity contribution in [3.8, 4) is 11.5 Å². The number of hydrogen-bond donors (Lipinski definition) is 0. The molecule has 3 rings (SSSR count). The first kappa shape index (κ1) is 18.4. The molecule has 0 unspecified atom stereocenters. The molecule has 0 aliphatic heterocycles. The number of hydrogen-bond acceptors (Lipinski definition) is 6. The van der Waals surface area contributed by atoms with Crippen molar-refractivity contribution in [3.63, 3.8) is 0 Å². The van der Waals surface area contributed by atoms with Gasteiger partial charge in [-0.3, -0.25) is 4.79 Å². The second kappa shape index (κ2) is 8.80. The van der Waals surface area contributed by atoms with E-state index in [2.05, 4.69) is 17.0 Å². The van der Waals surface area contributed by atoms with E-state index in [-0.39, 0.29) is 5.56 Å². The molecule has 26 heavy (non-hydrogen) atoms. The van der Waals surface area contributed by atoms with Gasteiger partial charge in [0, 0.05) is 0 Å². The largest absolute Gasteiger partial charge is 0.493 e. The Labute approximate surface area is 156 Å². The third kappa shape index (κ3) is 4.22. The molecule has 0 aliphatic rings. The molecular formula is C19H23N3O3S.